The van der Waals surface area contributed by atoms with Gasteiger partial charge in [-0.3, -0.25) is 9.69 Å². The van der Waals surface area contributed by atoms with E-state index >= 15 is 0 Å². The van der Waals surface area contributed by atoms with Gasteiger partial charge in [0.05, 0.1) is 17.8 Å². The van der Waals surface area contributed by atoms with E-state index in [1.54, 1.807) is 18.2 Å². The maximum absolute atomic E-state index is 12.1. The second kappa shape index (κ2) is 9.03. The Bertz CT molecular complexity index is 774. The summed E-state index contributed by atoms with van der Waals surface area (Å²) in [6.45, 7) is 3.82. The molecule has 0 saturated carbocycles. The molecule has 136 valence electrons. The highest BCUT2D eigenvalue weighted by Crippen LogP contribution is 2.19. The Labute approximate surface area is 163 Å². The molecule has 0 aromatic heterocycles. The number of rotatable bonds is 5. The van der Waals surface area contributed by atoms with E-state index in [9.17, 15) is 4.79 Å². The Morgan fingerprint density at radius 1 is 1.08 bits per heavy atom. The van der Waals surface area contributed by atoms with Crippen LogP contribution in [0.2, 0.25) is 10.0 Å². The Balaban J connectivity index is 1.44. The minimum atomic E-state index is -0.139. The van der Waals surface area contributed by atoms with Crippen LogP contribution in [0.25, 0.3) is 0 Å². The third kappa shape index (κ3) is 5.21. The number of piperazine rings is 1. The van der Waals surface area contributed by atoms with Gasteiger partial charge in [-0.05, 0) is 24.3 Å². The van der Waals surface area contributed by atoms with Crippen molar-refractivity contribution in [3.8, 4) is 0 Å². The average molecular weight is 391 g/mol. The van der Waals surface area contributed by atoms with Crippen LogP contribution in [-0.2, 0) is 4.79 Å². The highest BCUT2D eigenvalue weighted by molar-refractivity contribution is 6.36. The van der Waals surface area contributed by atoms with Crippen molar-refractivity contribution in [2.45, 2.75) is 0 Å². The van der Waals surface area contributed by atoms with Crippen LogP contribution in [0.15, 0.2) is 53.6 Å². The summed E-state index contributed by atoms with van der Waals surface area (Å²) >= 11 is 11.9. The molecule has 1 N–H and O–H groups in total. The molecule has 5 nitrogen and oxygen atoms in total. The van der Waals surface area contributed by atoms with Crippen LogP contribution < -0.4 is 10.3 Å². The van der Waals surface area contributed by atoms with Crippen LogP contribution in [0, 0.1) is 0 Å². The fourth-order valence-corrected chi connectivity index (χ4v) is 3.28. The van der Waals surface area contributed by atoms with E-state index in [4.69, 9.17) is 23.2 Å². The van der Waals surface area contributed by atoms with Crippen LogP contribution in [0.3, 0.4) is 0 Å². The molecule has 0 spiro atoms. The van der Waals surface area contributed by atoms with E-state index in [-0.39, 0.29) is 5.91 Å². The lowest BCUT2D eigenvalue weighted by atomic mass is 10.2. The molecule has 1 heterocycles. The van der Waals surface area contributed by atoms with Gasteiger partial charge in [0.25, 0.3) is 5.91 Å². The number of nitrogens with one attached hydrogen (secondary N) is 1. The molecule has 7 heteroatoms. The summed E-state index contributed by atoms with van der Waals surface area (Å²) in [4.78, 5) is 16.5. The highest BCUT2D eigenvalue weighted by atomic mass is 35.5. The van der Waals surface area contributed by atoms with E-state index in [0.717, 1.165) is 26.2 Å². The van der Waals surface area contributed by atoms with E-state index in [2.05, 4.69) is 32.5 Å². The van der Waals surface area contributed by atoms with Crippen LogP contribution in [0.1, 0.15) is 5.56 Å². The van der Waals surface area contributed by atoms with Crippen molar-refractivity contribution in [3.63, 3.8) is 0 Å². The molecule has 0 bridgehead atoms. The number of halogens is 2. The summed E-state index contributed by atoms with van der Waals surface area (Å²) in [7, 11) is 0. The number of hydrazone groups is 1. The average Bonchev–Trinajstić information content (AvgIpc) is 2.65. The number of amides is 1. The topological polar surface area (TPSA) is 47.9 Å². The van der Waals surface area contributed by atoms with E-state index < -0.39 is 0 Å². The lowest BCUT2D eigenvalue weighted by Gasteiger charge is -2.35. The molecule has 0 unspecified atom stereocenters. The summed E-state index contributed by atoms with van der Waals surface area (Å²) < 4.78 is 0. The molecule has 3 rings (SSSR count). The van der Waals surface area contributed by atoms with Gasteiger partial charge in [-0.15, -0.1) is 0 Å². The fraction of sp³-hybridized carbons (Fsp3) is 0.263. The van der Waals surface area contributed by atoms with Crippen LogP contribution in [0.4, 0.5) is 5.69 Å². The number of hydrogen-bond donors (Lipinski definition) is 1. The Morgan fingerprint density at radius 2 is 1.81 bits per heavy atom. The van der Waals surface area contributed by atoms with Gasteiger partial charge >= 0.3 is 0 Å². The van der Waals surface area contributed by atoms with Crippen molar-refractivity contribution in [2.75, 3.05) is 37.6 Å². The minimum absolute atomic E-state index is 0.139. The van der Waals surface area contributed by atoms with Gasteiger partial charge in [-0.25, -0.2) is 5.43 Å². The van der Waals surface area contributed by atoms with Crippen molar-refractivity contribution in [2.24, 2.45) is 5.10 Å². The molecular formula is C19H20Cl2N4O. The van der Waals surface area contributed by atoms with Crippen molar-refractivity contribution >= 4 is 41.0 Å². The van der Waals surface area contributed by atoms with E-state index in [1.807, 2.05) is 18.2 Å². The monoisotopic (exact) mass is 390 g/mol. The zero-order chi connectivity index (χ0) is 18.4. The molecule has 0 radical (unpaired) electrons. The lowest BCUT2D eigenvalue weighted by Crippen LogP contribution is -2.49. The molecule has 1 aliphatic rings. The maximum Gasteiger partial charge on any atom is 0.254 e. The lowest BCUT2D eigenvalue weighted by molar-refractivity contribution is -0.122. The molecule has 0 aliphatic carbocycles. The molecule has 1 amide bonds. The number of carbonyl (C=O) groups is 1. The number of nitrogens with zero attached hydrogens (tertiary/aromatic N) is 3. The quantitative estimate of drug-likeness (QED) is 0.629. The predicted molar refractivity (Wildman–Crippen MR) is 107 cm³/mol. The Morgan fingerprint density at radius 3 is 2.50 bits per heavy atom. The van der Waals surface area contributed by atoms with Crippen LogP contribution in [-0.4, -0.2) is 49.7 Å². The molecule has 2 aromatic rings. The normalized spacial score (nSPS) is 15.4. The van der Waals surface area contributed by atoms with Gasteiger partial charge in [0.15, 0.2) is 0 Å². The van der Waals surface area contributed by atoms with Gasteiger partial charge in [-0.2, -0.15) is 5.10 Å². The number of carbonyl (C=O) groups excluding carboxylic acids is 1. The third-order valence-electron chi connectivity index (χ3n) is 4.22. The molecule has 1 saturated heterocycles. The van der Waals surface area contributed by atoms with E-state index in [1.165, 1.54) is 11.9 Å². The first kappa shape index (κ1) is 18.7. The fourth-order valence-electron chi connectivity index (χ4n) is 2.82. The molecule has 26 heavy (non-hydrogen) atoms. The number of hydrogen-bond acceptors (Lipinski definition) is 4. The second-order valence-electron chi connectivity index (χ2n) is 6.06. The molecular weight excluding hydrogens is 371 g/mol. The summed E-state index contributed by atoms with van der Waals surface area (Å²) in [6.07, 6.45) is 1.52. The Hall–Kier alpha value is -2.08. The first-order chi connectivity index (χ1) is 12.6. The minimum Gasteiger partial charge on any atom is -0.369 e. The predicted octanol–water partition coefficient (Wildman–Crippen LogP) is 3.27. The largest absolute Gasteiger partial charge is 0.369 e. The highest BCUT2D eigenvalue weighted by Gasteiger charge is 2.18. The molecule has 1 aliphatic heterocycles. The molecule has 1 fully saturated rings. The standard InChI is InChI=1S/C19H20Cl2N4O/c20-16-7-6-15(18(21)12-16)13-22-23-19(26)14-24-8-10-25(11-9-24)17-4-2-1-3-5-17/h1-7,12-13H,8-11,14H2,(H,23,26)/b22-13+. The van der Waals surface area contributed by atoms with Crippen molar-refractivity contribution in [1.29, 1.82) is 0 Å². The van der Waals surface area contributed by atoms with Gasteiger partial charge in [0.2, 0.25) is 0 Å². The van der Waals surface area contributed by atoms with Crippen molar-refractivity contribution in [1.82, 2.24) is 10.3 Å². The number of para-hydroxylation sites is 1. The van der Waals surface area contributed by atoms with Gasteiger partial charge < -0.3 is 4.90 Å². The van der Waals surface area contributed by atoms with Gasteiger partial charge in [0, 0.05) is 42.5 Å². The first-order valence-electron chi connectivity index (χ1n) is 8.41. The van der Waals surface area contributed by atoms with Crippen molar-refractivity contribution < 1.29 is 4.79 Å². The first-order valence-corrected chi connectivity index (χ1v) is 9.17. The molecule has 0 atom stereocenters. The SMILES string of the molecule is O=C(CN1CCN(c2ccccc2)CC1)N/N=C/c1ccc(Cl)cc1Cl. The summed E-state index contributed by atoms with van der Waals surface area (Å²) in [6, 6.07) is 15.4. The third-order valence-corrected chi connectivity index (χ3v) is 4.78. The summed E-state index contributed by atoms with van der Waals surface area (Å²) in [5.74, 6) is -0.139. The van der Waals surface area contributed by atoms with Crippen LogP contribution >= 0.6 is 23.2 Å². The molecule has 2 aromatic carbocycles. The van der Waals surface area contributed by atoms with E-state index in [0.29, 0.717) is 22.2 Å². The Kier molecular flexibility index (Phi) is 6.50. The summed E-state index contributed by atoms with van der Waals surface area (Å²) in [5.41, 5.74) is 4.47. The van der Waals surface area contributed by atoms with Gasteiger partial charge in [-0.1, -0.05) is 47.5 Å². The van der Waals surface area contributed by atoms with Gasteiger partial charge in [0.1, 0.15) is 0 Å². The van der Waals surface area contributed by atoms with Crippen molar-refractivity contribution in [3.05, 3.63) is 64.1 Å². The zero-order valence-corrected chi connectivity index (χ0v) is 15.7. The zero-order valence-electron chi connectivity index (χ0n) is 14.2. The summed E-state index contributed by atoms with van der Waals surface area (Å²) in [5, 5.41) is 5.02. The van der Waals surface area contributed by atoms with Crippen LogP contribution in [0.5, 0.6) is 0 Å². The number of benzene rings is 2. The smallest absolute Gasteiger partial charge is 0.254 e. The maximum atomic E-state index is 12.1. The number of anilines is 1. The second-order valence-corrected chi connectivity index (χ2v) is 6.90.